The summed E-state index contributed by atoms with van der Waals surface area (Å²) in [5.74, 6) is 0. The van der Waals surface area contributed by atoms with Crippen LogP contribution in [0, 0.1) is 0 Å². The molecule has 0 aliphatic heterocycles. The third-order valence-corrected chi connectivity index (χ3v) is 3.18. The largest absolute Gasteiger partial charge is 1.00 e. The van der Waals surface area contributed by atoms with Gasteiger partial charge in [0.2, 0.25) is 10.4 Å². The second kappa shape index (κ2) is 19.8. The van der Waals surface area contributed by atoms with E-state index in [-0.39, 0.29) is 47.8 Å². The van der Waals surface area contributed by atoms with Crippen molar-refractivity contribution in [1.29, 1.82) is 0 Å². The molecule has 5 N–H and O–H groups in total. The first-order chi connectivity index (χ1) is 8.06. The van der Waals surface area contributed by atoms with Gasteiger partial charge in [-0.15, -0.1) is 0 Å². The normalized spacial score (nSPS) is 10.1. The molecule has 6 nitrogen and oxygen atoms in total. The molecule has 8 heteroatoms. The Morgan fingerprint density at radius 3 is 1.55 bits per heavy atom. The van der Waals surface area contributed by atoms with Gasteiger partial charge in [0, 0.05) is 0 Å². The van der Waals surface area contributed by atoms with E-state index in [4.69, 9.17) is 0 Å². The van der Waals surface area contributed by atoms with E-state index < -0.39 is 10.4 Å². The summed E-state index contributed by atoms with van der Waals surface area (Å²) < 4.78 is 34.5. The summed E-state index contributed by atoms with van der Waals surface area (Å²) >= 11 is 0. The van der Waals surface area contributed by atoms with Gasteiger partial charge in [0.1, 0.15) is 0 Å². The average molecular weight is 323 g/mol. The Kier molecular flexibility index (Phi) is 28.6. The van der Waals surface area contributed by atoms with Gasteiger partial charge in [-0.1, -0.05) is 64.7 Å². The van der Waals surface area contributed by atoms with E-state index in [2.05, 4.69) is 11.1 Å². The Bertz CT molecular complexity index is 263. The number of hydrogen-bond donors (Lipinski definition) is 1. The predicted octanol–water partition coefficient (Wildman–Crippen LogP) is -0.275. The van der Waals surface area contributed by atoms with Crippen LogP contribution in [0.1, 0.15) is 71.1 Å². The summed E-state index contributed by atoms with van der Waals surface area (Å²) in [6.45, 7) is 2.24. The van der Waals surface area contributed by atoms with Crippen LogP contribution in [-0.4, -0.2) is 25.1 Å². The molecule has 0 heterocycles. The molecule has 0 saturated heterocycles. The molecule has 0 amide bonds. The molecule has 0 aromatic rings. The topological polar surface area (TPSA) is 133 Å². The monoisotopic (exact) mass is 323 g/mol. The summed E-state index contributed by atoms with van der Waals surface area (Å²) in [7, 11) is -4.48. The van der Waals surface area contributed by atoms with Gasteiger partial charge < -0.3 is 16.2 Å². The van der Waals surface area contributed by atoms with Crippen molar-refractivity contribution in [2.45, 2.75) is 71.1 Å². The minimum atomic E-state index is -4.48. The zero-order chi connectivity index (χ0) is 13.0. The average Bonchev–Trinajstić information content (AvgIpc) is 2.24. The summed E-state index contributed by atoms with van der Waals surface area (Å²) in [5, 5.41) is 0. The van der Waals surface area contributed by atoms with Crippen LogP contribution in [0.25, 0.3) is 0 Å². The second-order valence-electron chi connectivity index (χ2n) is 4.41. The van der Waals surface area contributed by atoms with Crippen molar-refractivity contribution in [3.63, 3.8) is 0 Å². The molecule has 0 unspecified atom stereocenters. The third kappa shape index (κ3) is 27.2. The first-order valence-electron chi connectivity index (χ1n) is 6.66. The Labute approximate surface area is 146 Å². The molecule has 0 saturated carbocycles. The number of unbranched alkanes of at least 4 members (excludes halogenated alkanes) is 9. The predicted molar refractivity (Wildman–Crippen MR) is 76.1 cm³/mol. The summed E-state index contributed by atoms with van der Waals surface area (Å²) in [4.78, 5) is 0. The van der Waals surface area contributed by atoms with Crippen molar-refractivity contribution in [2.24, 2.45) is 0 Å². The molecule has 120 valence electrons. The van der Waals surface area contributed by atoms with E-state index in [0.717, 1.165) is 12.8 Å². The molecule has 0 bridgehead atoms. The van der Waals surface area contributed by atoms with Crippen LogP contribution in [0.15, 0.2) is 0 Å². The maximum atomic E-state index is 10.1. The first kappa shape index (κ1) is 28.9. The molecule has 0 spiro atoms. The molecule has 0 aromatic carbocycles. The van der Waals surface area contributed by atoms with Gasteiger partial charge in [0.25, 0.3) is 0 Å². The Hall–Kier alpha value is 0.790. The van der Waals surface area contributed by atoms with Crippen LogP contribution in [0.3, 0.4) is 0 Å². The van der Waals surface area contributed by atoms with Gasteiger partial charge in [-0.05, 0) is 6.42 Å². The zero-order valence-corrected chi connectivity index (χ0v) is 15.8. The molecule has 0 aromatic heterocycles. The van der Waals surface area contributed by atoms with E-state index in [1.54, 1.807) is 0 Å². The van der Waals surface area contributed by atoms with Crippen molar-refractivity contribution in [3.8, 4) is 0 Å². The van der Waals surface area contributed by atoms with Crippen LogP contribution in [0.2, 0.25) is 0 Å². The minimum absolute atomic E-state index is 0. The van der Waals surface area contributed by atoms with Crippen LogP contribution in [-0.2, 0) is 14.6 Å². The van der Waals surface area contributed by atoms with E-state index >= 15 is 0 Å². The smallest absolute Gasteiger partial charge is 0.726 e. The third-order valence-electron chi connectivity index (χ3n) is 2.73. The van der Waals surface area contributed by atoms with Crippen LogP contribution in [0.4, 0.5) is 0 Å². The molecule has 0 fully saturated rings. The van der Waals surface area contributed by atoms with Crippen molar-refractivity contribution in [2.75, 3.05) is 6.61 Å². The molecule has 0 radical (unpaired) electrons. The SMILES string of the molecule is CCCCCCCCCCCCOS(=O)(=O)[O-].N.O.[Na+]. The molecular formula is C12H30NNaO5S. The standard InChI is InChI=1S/C12H26O4S.H3N.Na.H2O/c1-2-3-4-5-6-7-8-9-10-11-12-16-17(13,14)15;;;/h2-12H2,1H3,(H,13,14,15);1H3;;1H2/q;;+1;/p-1. The zero-order valence-electron chi connectivity index (χ0n) is 13.0. The first-order valence-corrected chi connectivity index (χ1v) is 8.00. The van der Waals surface area contributed by atoms with Crippen LogP contribution >= 0.6 is 0 Å². The summed E-state index contributed by atoms with van der Waals surface area (Å²) in [6, 6.07) is 0. The fourth-order valence-electron chi connectivity index (χ4n) is 1.75. The Morgan fingerprint density at radius 2 is 1.20 bits per heavy atom. The Balaban J connectivity index is -0.000000427. The van der Waals surface area contributed by atoms with E-state index in [1.807, 2.05) is 0 Å². The summed E-state index contributed by atoms with van der Waals surface area (Å²) in [6.07, 6.45) is 11.7. The number of rotatable bonds is 12. The fraction of sp³-hybridized carbons (Fsp3) is 1.00. The second-order valence-corrected chi connectivity index (χ2v) is 5.46. The van der Waals surface area contributed by atoms with Crippen molar-refractivity contribution >= 4 is 10.4 Å². The van der Waals surface area contributed by atoms with Crippen molar-refractivity contribution in [3.05, 3.63) is 0 Å². The molecule has 0 rings (SSSR count). The summed E-state index contributed by atoms with van der Waals surface area (Å²) in [5.41, 5.74) is 0. The number of hydrogen-bond acceptors (Lipinski definition) is 5. The van der Waals surface area contributed by atoms with Gasteiger partial charge in [-0.25, -0.2) is 8.42 Å². The Morgan fingerprint density at radius 1 is 0.850 bits per heavy atom. The van der Waals surface area contributed by atoms with E-state index in [0.29, 0.717) is 6.42 Å². The minimum Gasteiger partial charge on any atom is -0.726 e. The van der Waals surface area contributed by atoms with Crippen LogP contribution in [0.5, 0.6) is 0 Å². The molecule has 20 heavy (non-hydrogen) atoms. The molecule has 0 aliphatic rings. The van der Waals surface area contributed by atoms with Crippen LogP contribution < -0.4 is 35.7 Å². The molecular weight excluding hydrogens is 293 g/mol. The van der Waals surface area contributed by atoms with Crippen molar-refractivity contribution < 1.29 is 52.2 Å². The van der Waals surface area contributed by atoms with E-state index in [1.165, 1.54) is 44.9 Å². The fourth-order valence-corrected chi connectivity index (χ4v) is 2.07. The maximum absolute atomic E-state index is 10.1. The van der Waals surface area contributed by atoms with Gasteiger partial charge in [-0.2, -0.15) is 0 Å². The van der Waals surface area contributed by atoms with Gasteiger partial charge in [0.15, 0.2) is 0 Å². The van der Waals surface area contributed by atoms with Gasteiger partial charge in [0.05, 0.1) is 6.61 Å². The van der Waals surface area contributed by atoms with Gasteiger partial charge >= 0.3 is 29.6 Å². The van der Waals surface area contributed by atoms with Crippen molar-refractivity contribution in [1.82, 2.24) is 6.15 Å². The molecule has 0 aliphatic carbocycles. The maximum Gasteiger partial charge on any atom is 1.00 e. The molecule has 0 atom stereocenters. The quantitative estimate of drug-likeness (QED) is 0.228. The van der Waals surface area contributed by atoms with E-state index in [9.17, 15) is 13.0 Å². The van der Waals surface area contributed by atoms with Gasteiger partial charge in [-0.3, -0.25) is 4.18 Å².